The number of aromatic nitrogens is 3. The molecule has 1 amide bonds. The molecule has 1 aliphatic carbocycles. The lowest BCUT2D eigenvalue weighted by Crippen LogP contribution is -2.38. The Hall–Kier alpha value is -3.66. The Labute approximate surface area is 225 Å². The lowest BCUT2D eigenvalue weighted by atomic mass is 9.76. The molecule has 0 saturated heterocycles. The number of anilines is 2. The van der Waals surface area contributed by atoms with Crippen molar-refractivity contribution in [2.75, 3.05) is 16.0 Å². The number of rotatable bonds is 6. The Morgan fingerprint density at radius 3 is 2.95 bits per heavy atom. The molecule has 13 heteroatoms. The van der Waals surface area contributed by atoms with Crippen LogP contribution in [0.3, 0.4) is 0 Å². The van der Waals surface area contributed by atoms with Crippen LogP contribution in [0.2, 0.25) is 5.02 Å². The van der Waals surface area contributed by atoms with Crippen LogP contribution in [-0.2, 0) is 9.59 Å². The Bertz CT molecular complexity index is 1500. The summed E-state index contributed by atoms with van der Waals surface area (Å²) >= 11 is 8.66. The summed E-state index contributed by atoms with van der Waals surface area (Å²) in [5.74, 6) is 0.307. The highest BCUT2D eigenvalue weighted by atomic mass is 35.5. The van der Waals surface area contributed by atoms with Crippen LogP contribution in [0, 0.1) is 18.3 Å². The number of amides is 1. The molecule has 3 N–H and O–H groups in total. The first kappa shape index (κ1) is 25.0. The summed E-state index contributed by atoms with van der Waals surface area (Å²) in [5.41, 5.74) is 8.79. The van der Waals surface area contributed by atoms with E-state index in [9.17, 15) is 14.9 Å². The van der Waals surface area contributed by atoms with Crippen molar-refractivity contribution in [2.45, 2.75) is 36.4 Å². The van der Waals surface area contributed by atoms with Crippen molar-refractivity contribution < 1.29 is 14.1 Å². The molecule has 1 aromatic carbocycles. The molecule has 1 aliphatic heterocycles. The van der Waals surface area contributed by atoms with Crippen LogP contribution in [-0.4, -0.2) is 32.8 Å². The second-order valence-electron chi connectivity index (χ2n) is 8.38. The van der Waals surface area contributed by atoms with Crippen LogP contribution < -0.4 is 16.0 Å². The van der Waals surface area contributed by atoms with Gasteiger partial charge in [0.15, 0.2) is 15.9 Å². The number of allylic oxidation sites excluding steroid dienone is 3. The number of nitrogens with zero attached hydrogens (tertiary/aromatic N) is 5. The molecule has 1 atom stereocenters. The van der Waals surface area contributed by atoms with E-state index in [2.05, 4.69) is 26.7 Å². The van der Waals surface area contributed by atoms with Gasteiger partial charge in [0.2, 0.25) is 11.0 Å². The van der Waals surface area contributed by atoms with Gasteiger partial charge in [0.1, 0.15) is 11.6 Å². The zero-order valence-electron chi connectivity index (χ0n) is 19.5. The average Bonchev–Trinajstić information content (AvgIpc) is 3.50. The smallest absolute Gasteiger partial charge is 0.236 e. The van der Waals surface area contributed by atoms with Gasteiger partial charge >= 0.3 is 0 Å². The maximum Gasteiger partial charge on any atom is 0.236 e. The van der Waals surface area contributed by atoms with E-state index in [0.29, 0.717) is 56.6 Å². The lowest BCUT2D eigenvalue weighted by molar-refractivity contribution is -0.116. The number of ketones is 1. The van der Waals surface area contributed by atoms with Gasteiger partial charge in [-0.05, 0) is 37.5 Å². The summed E-state index contributed by atoms with van der Waals surface area (Å²) < 4.78 is 5.48. The van der Waals surface area contributed by atoms with E-state index in [4.69, 9.17) is 21.9 Å². The van der Waals surface area contributed by atoms with Gasteiger partial charge in [-0.2, -0.15) is 5.26 Å². The van der Waals surface area contributed by atoms with Crippen molar-refractivity contribution in [3.8, 4) is 6.07 Å². The average molecular weight is 554 g/mol. The third-order valence-electron chi connectivity index (χ3n) is 5.90. The van der Waals surface area contributed by atoms with E-state index in [1.165, 1.54) is 23.1 Å². The number of hydrogen-bond donors (Lipinski definition) is 2. The predicted octanol–water partition coefficient (Wildman–Crippen LogP) is 4.52. The topological polar surface area (TPSA) is 151 Å². The standard InChI is InChI=1S/C24H20ClN7O3S2/c1-12-8-18(31-35-12)28-19(34)11-36-24-30-29-23(37-24)32-16-6-3-7-17(33)21(16)20(15(10-26)22(32)27)13-4-2-5-14(25)9-13/h2,4-5,8-9,20H,3,6-7,11,27H2,1H3,(H,28,31,34). The fourth-order valence-electron chi connectivity index (χ4n) is 4.41. The predicted molar refractivity (Wildman–Crippen MR) is 140 cm³/mol. The van der Waals surface area contributed by atoms with Gasteiger partial charge < -0.3 is 15.6 Å². The van der Waals surface area contributed by atoms with E-state index in [-0.39, 0.29) is 28.8 Å². The van der Waals surface area contributed by atoms with Crippen LogP contribution in [0.1, 0.15) is 36.5 Å². The number of nitrogens with two attached hydrogens (primary N) is 1. The van der Waals surface area contributed by atoms with Crippen molar-refractivity contribution in [3.05, 3.63) is 69.3 Å². The van der Waals surface area contributed by atoms with Gasteiger partial charge in [0.25, 0.3) is 0 Å². The van der Waals surface area contributed by atoms with E-state index in [1.807, 2.05) is 6.07 Å². The molecule has 0 saturated carbocycles. The van der Waals surface area contributed by atoms with Crippen LogP contribution in [0.25, 0.3) is 0 Å². The molecule has 5 rings (SSSR count). The van der Waals surface area contributed by atoms with Gasteiger partial charge in [-0.3, -0.25) is 14.5 Å². The number of aryl methyl sites for hydroxylation is 1. The second-order valence-corrected chi connectivity index (χ2v) is 11.0. The third-order valence-corrected chi connectivity index (χ3v) is 8.18. The normalized spacial score (nSPS) is 17.6. The van der Waals surface area contributed by atoms with Crippen molar-refractivity contribution in [3.63, 3.8) is 0 Å². The molecule has 10 nitrogen and oxygen atoms in total. The number of nitrogens with one attached hydrogen (secondary N) is 1. The first-order valence-corrected chi connectivity index (χ1v) is 13.4. The summed E-state index contributed by atoms with van der Waals surface area (Å²) in [4.78, 5) is 27.1. The second kappa shape index (κ2) is 10.4. The number of carbonyl (C=O) groups excluding carboxylic acids is 2. The molecule has 0 spiro atoms. The van der Waals surface area contributed by atoms with Gasteiger partial charge in [-0.15, -0.1) is 10.2 Å². The molecule has 3 aromatic rings. The Morgan fingerprint density at radius 2 is 2.22 bits per heavy atom. The quantitative estimate of drug-likeness (QED) is 0.416. The van der Waals surface area contributed by atoms with Crippen molar-refractivity contribution >= 4 is 57.3 Å². The summed E-state index contributed by atoms with van der Waals surface area (Å²) in [6.07, 6.45) is 1.65. The van der Waals surface area contributed by atoms with Crippen molar-refractivity contribution in [1.82, 2.24) is 15.4 Å². The van der Waals surface area contributed by atoms with Crippen molar-refractivity contribution in [1.29, 1.82) is 5.26 Å². The zero-order chi connectivity index (χ0) is 26.1. The van der Waals surface area contributed by atoms with Crippen molar-refractivity contribution in [2.24, 2.45) is 5.73 Å². The maximum absolute atomic E-state index is 13.2. The lowest BCUT2D eigenvalue weighted by Gasteiger charge is -2.38. The highest BCUT2D eigenvalue weighted by Crippen LogP contribution is 2.47. The van der Waals surface area contributed by atoms with Crippen LogP contribution in [0.4, 0.5) is 10.9 Å². The Balaban J connectivity index is 1.44. The minimum absolute atomic E-state index is 0.0321. The molecular weight excluding hydrogens is 534 g/mol. The molecule has 0 radical (unpaired) electrons. The zero-order valence-corrected chi connectivity index (χ0v) is 21.9. The largest absolute Gasteiger partial charge is 0.384 e. The maximum atomic E-state index is 13.2. The fourth-order valence-corrected chi connectivity index (χ4v) is 6.29. The monoisotopic (exact) mass is 553 g/mol. The van der Waals surface area contributed by atoms with Crippen LogP contribution in [0.15, 0.2) is 61.9 Å². The number of Topliss-reactive ketones (excluding diaryl/α,β-unsaturated/α-hetero) is 1. The highest BCUT2D eigenvalue weighted by molar-refractivity contribution is 8.01. The number of nitriles is 1. The minimum atomic E-state index is -0.603. The molecule has 0 bridgehead atoms. The molecule has 2 aliphatic rings. The Kier molecular flexibility index (Phi) is 7.01. The summed E-state index contributed by atoms with van der Waals surface area (Å²) in [6.45, 7) is 1.73. The highest BCUT2D eigenvalue weighted by Gasteiger charge is 2.41. The Morgan fingerprint density at radius 1 is 1.38 bits per heavy atom. The van der Waals surface area contributed by atoms with Crippen LogP contribution in [0.5, 0.6) is 0 Å². The molecule has 188 valence electrons. The molecule has 1 unspecified atom stereocenters. The number of hydrogen-bond acceptors (Lipinski definition) is 11. The number of benzene rings is 1. The molecule has 0 fully saturated rings. The number of thioether (sulfide) groups is 1. The van der Waals surface area contributed by atoms with Gasteiger partial charge in [0.05, 0.1) is 23.3 Å². The number of halogens is 1. The molecule has 37 heavy (non-hydrogen) atoms. The molecule has 3 heterocycles. The minimum Gasteiger partial charge on any atom is -0.384 e. The number of carbonyl (C=O) groups is 2. The molecule has 2 aromatic heterocycles. The van der Waals surface area contributed by atoms with Gasteiger partial charge in [-0.25, -0.2) is 0 Å². The van der Waals surface area contributed by atoms with E-state index in [1.54, 1.807) is 36.1 Å². The van der Waals surface area contributed by atoms with E-state index < -0.39 is 5.92 Å². The fraction of sp³-hybridized carbons (Fsp3) is 0.250. The van der Waals surface area contributed by atoms with E-state index >= 15 is 0 Å². The van der Waals surface area contributed by atoms with Gasteiger partial charge in [0, 0.05) is 28.8 Å². The van der Waals surface area contributed by atoms with Gasteiger partial charge in [-0.1, -0.05) is 52.0 Å². The van der Waals surface area contributed by atoms with E-state index in [0.717, 1.165) is 5.56 Å². The first-order valence-electron chi connectivity index (χ1n) is 11.3. The summed E-state index contributed by atoms with van der Waals surface area (Å²) in [5, 5.41) is 25.9. The molecular formula is C24H20ClN7O3S2. The summed E-state index contributed by atoms with van der Waals surface area (Å²) in [6, 6.07) is 11.0. The first-order chi connectivity index (χ1) is 17.9. The SMILES string of the molecule is Cc1cc(NC(=O)CSc2nnc(N3C(N)=C(C#N)C(c4cccc(Cl)c4)C4=C3CCCC4=O)s2)no1. The third kappa shape index (κ3) is 4.98. The summed E-state index contributed by atoms with van der Waals surface area (Å²) in [7, 11) is 0. The van der Waals surface area contributed by atoms with Crippen LogP contribution >= 0.6 is 34.7 Å².